The van der Waals surface area contributed by atoms with Gasteiger partial charge in [-0.1, -0.05) is 55.2 Å². The standard InChI is InChI=1S/C7H5S2/c8-7(9)6-4-2-1-3-5-6/h1-5H. The summed E-state index contributed by atoms with van der Waals surface area (Å²) < 4.78 is 0.538. The van der Waals surface area contributed by atoms with Crippen molar-refractivity contribution in [3.8, 4) is 0 Å². The van der Waals surface area contributed by atoms with Crippen LogP contribution in [-0.2, 0) is 0 Å². The van der Waals surface area contributed by atoms with Crippen LogP contribution in [0.2, 0.25) is 0 Å². The lowest BCUT2D eigenvalue weighted by atomic mass is 10.2. The van der Waals surface area contributed by atoms with Crippen LogP contribution in [0.3, 0.4) is 0 Å². The Kier molecular flexibility index (Phi) is 2.14. The van der Waals surface area contributed by atoms with Crippen molar-refractivity contribution in [3.05, 3.63) is 35.9 Å². The molecular weight excluding hydrogens is 148 g/mol. The highest BCUT2D eigenvalue weighted by Gasteiger charge is 1.91. The van der Waals surface area contributed by atoms with E-state index < -0.39 is 0 Å². The average Bonchev–Trinajstić information content (AvgIpc) is 1.90. The molecule has 0 spiro atoms. The molecule has 0 heterocycles. The Balaban J connectivity index is 2.98. The van der Waals surface area contributed by atoms with Gasteiger partial charge in [0.1, 0.15) is 4.20 Å². The van der Waals surface area contributed by atoms with Crippen LogP contribution in [0, 0.1) is 0 Å². The van der Waals surface area contributed by atoms with Gasteiger partial charge >= 0.3 is 0 Å². The third kappa shape index (κ3) is 1.73. The van der Waals surface area contributed by atoms with E-state index in [1.807, 2.05) is 30.3 Å². The topological polar surface area (TPSA) is 0 Å². The van der Waals surface area contributed by atoms with Crippen LogP contribution in [0.4, 0.5) is 0 Å². The molecule has 9 heavy (non-hydrogen) atoms. The second-order valence-corrected chi connectivity index (χ2v) is 2.73. The zero-order chi connectivity index (χ0) is 6.69. The molecule has 0 saturated heterocycles. The highest BCUT2D eigenvalue weighted by Crippen LogP contribution is 2.02. The fourth-order valence-electron chi connectivity index (χ4n) is 0.574. The van der Waals surface area contributed by atoms with Crippen molar-refractivity contribution in [1.82, 2.24) is 0 Å². The Labute approximate surface area is 65.3 Å². The summed E-state index contributed by atoms with van der Waals surface area (Å²) in [5.74, 6) is 0. The average molecular weight is 153 g/mol. The van der Waals surface area contributed by atoms with E-state index in [1.165, 1.54) is 0 Å². The first kappa shape index (κ1) is 6.65. The van der Waals surface area contributed by atoms with Gasteiger partial charge in [-0.25, -0.2) is 0 Å². The number of hydrogen-bond donors (Lipinski definition) is 0. The minimum Gasteiger partial charge on any atom is -0.0667 e. The van der Waals surface area contributed by atoms with Gasteiger partial charge in [0.05, 0.1) is 0 Å². The molecule has 0 N–H and O–H groups in total. The van der Waals surface area contributed by atoms with Crippen molar-refractivity contribution in [2.24, 2.45) is 0 Å². The minimum absolute atomic E-state index is 0.538. The second-order valence-electron chi connectivity index (χ2n) is 1.65. The predicted molar refractivity (Wildman–Crippen MR) is 45.7 cm³/mol. The third-order valence-corrected chi connectivity index (χ3v) is 1.48. The van der Waals surface area contributed by atoms with E-state index >= 15 is 0 Å². The van der Waals surface area contributed by atoms with Crippen molar-refractivity contribution in [3.63, 3.8) is 0 Å². The van der Waals surface area contributed by atoms with Crippen LogP contribution in [0.1, 0.15) is 5.56 Å². The summed E-state index contributed by atoms with van der Waals surface area (Å²) in [7, 11) is 0. The van der Waals surface area contributed by atoms with E-state index in [9.17, 15) is 0 Å². The number of benzene rings is 1. The van der Waals surface area contributed by atoms with E-state index in [0.717, 1.165) is 5.56 Å². The summed E-state index contributed by atoms with van der Waals surface area (Å²) >= 11 is 9.55. The summed E-state index contributed by atoms with van der Waals surface area (Å²) in [6, 6.07) is 9.61. The van der Waals surface area contributed by atoms with Crippen LogP contribution in [0.25, 0.3) is 0 Å². The molecule has 0 aliphatic carbocycles. The molecule has 0 aromatic heterocycles. The highest BCUT2D eigenvalue weighted by molar-refractivity contribution is 8.11. The monoisotopic (exact) mass is 153 g/mol. The van der Waals surface area contributed by atoms with Crippen LogP contribution in [0.5, 0.6) is 0 Å². The van der Waals surface area contributed by atoms with Crippen molar-refractivity contribution in [2.75, 3.05) is 0 Å². The van der Waals surface area contributed by atoms with Gasteiger partial charge in [0.2, 0.25) is 0 Å². The van der Waals surface area contributed by atoms with Gasteiger partial charge in [-0.2, -0.15) is 0 Å². The van der Waals surface area contributed by atoms with Crippen molar-refractivity contribution in [1.29, 1.82) is 0 Å². The molecule has 0 atom stereocenters. The molecule has 45 valence electrons. The maximum Gasteiger partial charge on any atom is 0.108 e. The maximum atomic E-state index is 4.78. The lowest BCUT2D eigenvalue weighted by Gasteiger charge is -1.90. The summed E-state index contributed by atoms with van der Waals surface area (Å²) in [5.41, 5.74) is 0.961. The molecule has 1 radical (unpaired) electrons. The lowest BCUT2D eigenvalue weighted by Crippen LogP contribution is -1.83. The predicted octanol–water partition coefficient (Wildman–Crippen LogP) is 2.56. The largest absolute Gasteiger partial charge is 0.108 e. The van der Waals surface area contributed by atoms with E-state index in [2.05, 4.69) is 0 Å². The van der Waals surface area contributed by atoms with E-state index in [-0.39, 0.29) is 0 Å². The van der Waals surface area contributed by atoms with Crippen LogP contribution in [0.15, 0.2) is 30.3 Å². The summed E-state index contributed by atoms with van der Waals surface area (Å²) in [6.45, 7) is 0. The van der Waals surface area contributed by atoms with Gasteiger partial charge < -0.3 is 0 Å². The molecule has 0 amide bonds. The molecule has 1 aromatic rings. The molecule has 0 aliphatic heterocycles. The van der Waals surface area contributed by atoms with Crippen molar-refractivity contribution >= 4 is 29.0 Å². The highest BCUT2D eigenvalue weighted by atomic mass is 32.1. The minimum atomic E-state index is 0.538. The van der Waals surface area contributed by atoms with Gasteiger partial charge in [-0.15, -0.1) is 0 Å². The second kappa shape index (κ2) is 2.90. The van der Waals surface area contributed by atoms with Gasteiger partial charge in [-0.3, -0.25) is 0 Å². The Morgan fingerprint density at radius 2 is 1.67 bits per heavy atom. The normalized spacial score (nSPS) is 8.89. The zero-order valence-corrected chi connectivity index (χ0v) is 6.34. The number of rotatable bonds is 1. The SMILES string of the molecule is [S]C(=S)c1ccccc1. The van der Waals surface area contributed by atoms with Crippen molar-refractivity contribution < 1.29 is 0 Å². The van der Waals surface area contributed by atoms with Gasteiger partial charge in [0, 0.05) is 5.56 Å². The Morgan fingerprint density at radius 3 is 2.00 bits per heavy atom. The maximum absolute atomic E-state index is 4.78. The van der Waals surface area contributed by atoms with E-state index in [0.29, 0.717) is 4.20 Å². The first-order valence-electron chi connectivity index (χ1n) is 2.57. The summed E-state index contributed by atoms with van der Waals surface area (Å²) in [4.78, 5) is 0. The van der Waals surface area contributed by atoms with E-state index in [1.54, 1.807) is 0 Å². The van der Waals surface area contributed by atoms with Crippen LogP contribution < -0.4 is 0 Å². The first-order chi connectivity index (χ1) is 4.30. The summed E-state index contributed by atoms with van der Waals surface area (Å²) in [6.07, 6.45) is 0. The van der Waals surface area contributed by atoms with Gasteiger partial charge in [-0.05, 0) is 0 Å². The zero-order valence-electron chi connectivity index (χ0n) is 4.70. The quantitative estimate of drug-likeness (QED) is 0.559. The van der Waals surface area contributed by atoms with Crippen molar-refractivity contribution in [2.45, 2.75) is 0 Å². The lowest BCUT2D eigenvalue weighted by molar-refractivity contribution is 1.69. The number of thiocarbonyl (C=S) groups is 1. The molecule has 0 unspecified atom stereocenters. The fourth-order valence-corrected chi connectivity index (χ4v) is 0.846. The molecule has 0 aliphatic rings. The molecule has 1 rings (SSSR count). The molecule has 0 nitrogen and oxygen atoms in total. The fraction of sp³-hybridized carbons (Fsp3) is 0. The molecule has 2 heteroatoms. The Morgan fingerprint density at radius 1 is 1.11 bits per heavy atom. The third-order valence-electron chi connectivity index (χ3n) is 1.01. The number of hydrogen-bond acceptors (Lipinski definition) is 1. The molecular formula is C7H5S2. The smallest absolute Gasteiger partial charge is 0.0667 e. The molecule has 0 bridgehead atoms. The van der Waals surface area contributed by atoms with Gasteiger partial charge in [0.25, 0.3) is 0 Å². The van der Waals surface area contributed by atoms with Crippen LogP contribution >= 0.6 is 24.8 Å². The van der Waals surface area contributed by atoms with Gasteiger partial charge in [0.15, 0.2) is 0 Å². The molecule has 1 aromatic carbocycles. The van der Waals surface area contributed by atoms with E-state index in [4.69, 9.17) is 24.8 Å². The summed E-state index contributed by atoms with van der Waals surface area (Å²) in [5, 5.41) is 0. The Hall–Kier alpha value is -0.470. The van der Waals surface area contributed by atoms with Crippen LogP contribution in [-0.4, -0.2) is 4.20 Å². The molecule has 0 saturated carbocycles. The Bertz CT molecular complexity index is 203. The first-order valence-corrected chi connectivity index (χ1v) is 3.39. The molecule has 0 fully saturated rings.